The Morgan fingerprint density at radius 1 is 1.37 bits per heavy atom. The molecule has 19 heavy (non-hydrogen) atoms. The number of para-hydroxylation sites is 1. The first-order valence-electron chi connectivity index (χ1n) is 5.62. The minimum absolute atomic E-state index is 0.145. The number of carbonyl (C=O) groups excluding carboxylic acids is 1. The Kier molecular flexibility index (Phi) is 3.59. The number of esters is 1. The molecule has 1 heterocycles. The smallest absolute Gasteiger partial charge is 0.459 e. The molecular weight excluding hydrogens is 256 g/mol. The lowest BCUT2D eigenvalue weighted by Gasteiger charge is -2.15. The van der Waals surface area contributed by atoms with Crippen molar-refractivity contribution < 1.29 is 23.0 Å². The first kappa shape index (κ1) is 13.2. The third-order valence-electron chi connectivity index (χ3n) is 2.32. The second-order valence-electron chi connectivity index (χ2n) is 3.70. The molecule has 0 radical (unpaired) electrons. The van der Waals surface area contributed by atoms with Crippen LogP contribution in [0.15, 0.2) is 36.5 Å². The molecule has 0 atom stereocenters. The molecule has 0 saturated heterocycles. The molecule has 0 aliphatic heterocycles. The van der Waals surface area contributed by atoms with E-state index < -0.39 is 12.1 Å². The largest absolute Gasteiger partial charge is 0.502 e. The van der Waals surface area contributed by atoms with E-state index in [9.17, 15) is 13.6 Å². The van der Waals surface area contributed by atoms with Gasteiger partial charge < -0.3 is 9.47 Å². The molecule has 0 amide bonds. The minimum Gasteiger partial charge on any atom is -0.459 e. The van der Waals surface area contributed by atoms with Gasteiger partial charge in [-0.1, -0.05) is 18.2 Å². The predicted octanol–water partition coefficient (Wildman–Crippen LogP) is 2.77. The van der Waals surface area contributed by atoms with Crippen LogP contribution in [0.5, 0.6) is 5.75 Å². The van der Waals surface area contributed by atoms with E-state index in [4.69, 9.17) is 0 Å². The van der Waals surface area contributed by atoms with Crippen molar-refractivity contribution in [2.24, 2.45) is 0 Å². The van der Waals surface area contributed by atoms with Crippen molar-refractivity contribution in [1.82, 2.24) is 4.98 Å². The van der Waals surface area contributed by atoms with Gasteiger partial charge >= 0.3 is 12.1 Å². The van der Waals surface area contributed by atoms with E-state index in [1.54, 1.807) is 24.3 Å². The van der Waals surface area contributed by atoms with Crippen LogP contribution in [0.2, 0.25) is 0 Å². The molecule has 0 aliphatic rings. The Balaban J connectivity index is 2.23. The number of fused-ring (bicyclic) bond motifs is 1. The van der Waals surface area contributed by atoms with Crippen molar-refractivity contribution in [1.29, 1.82) is 0 Å². The lowest BCUT2D eigenvalue weighted by atomic mass is 10.2. The van der Waals surface area contributed by atoms with Crippen molar-refractivity contribution in [2.75, 3.05) is 6.61 Å². The van der Waals surface area contributed by atoms with Crippen LogP contribution >= 0.6 is 0 Å². The van der Waals surface area contributed by atoms with Crippen LogP contribution < -0.4 is 4.74 Å². The molecule has 100 valence electrons. The number of hydrogen-bond donors (Lipinski definition) is 0. The van der Waals surface area contributed by atoms with Crippen LogP contribution in [0.3, 0.4) is 0 Å². The van der Waals surface area contributed by atoms with E-state index in [0.29, 0.717) is 10.9 Å². The summed E-state index contributed by atoms with van der Waals surface area (Å²) >= 11 is 0. The average molecular weight is 267 g/mol. The third kappa shape index (κ3) is 2.96. The molecule has 4 nitrogen and oxygen atoms in total. The van der Waals surface area contributed by atoms with Crippen LogP contribution in [-0.2, 0) is 9.53 Å². The summed E-state index contributed by atoms with van der Waals surface area (Å²) in [6.07, 6.45) is -2.89. The van der Waals surface area contributed by atoms with Gasteiger partial charge in [-0.2, -0.15) is 8.78 Å². The zero-order valence-electron chi connectivity index (χ0n) is 10.1. The summed E-state index contributed by atoms with van der Waals surface area (Å²) in [4.78, 5) is 15.0. The molecule has 1 aromatic carbocycles. The van der Waals surface area contributed by atoms with Gasteiger partial charge in [-0.25, -0.2) is 4.79 Å². The lowest BCUT2D eigenvalue weighted by Crippen LogP contribution is -2.36. The third-order valence-corrected chi connectivity index (χ3v) is 2.32. The molecule has 0 aliphatic carbocycles. The number of pyridine rings is 1. The number of ether oxygens (including phenoxy) is 2. The molecule has 6 heteroatoms. The SMILES string of the molecule is CCOC(=O)C(F)(F)Oc1cnc2ccccc2c1. The highest BCUT2D eigenvalue weighted by Crippen LogP contribution is 2.25. The van der Waals surface area contributed by atoms with Gasteiger partial charge in [0.2, 0.25) is 0 Å². The van der Waals surface area contributed by atoms with Crippen LogP contribution in [0.25, 0.3) is 10.9 Å². The minimum atomic E-state index is -4.03. The molecule has 0 N–H and O–H groups in total. The summed E-state index contributed by atoms with van der Waals surface area (Å²) in [6, 6.07) is 8.36. The van der Waals surface area contributed by atoms with Crippen molar-refractivity contribution in [2.45, 2.75) is 13.0 Å². The number of hydrogen-bond acceptors (Lipinski definition) is 4. The van der Waals surface area contributed by atoms with Crippen LogP contribution in [0.4, 0.5) is 8.78 Å². The molecule has 0 unspecified atom stereocenters. The van der Waals surface area contributed by atoms with Gasteiger partial charge in [-0.05, 0) is 19.1 Å². The number of nitrogens with zero attached hydrogens (tertiary/aromatic N) is 1. The zero-order chi connectivity index (χ0) is 13.9. The topological polar surface area (TPSA) is 48.4 Å². The zero-order valence-corrected chi connectivity index (χ0v) is 10.1. The summed E-state index contributed by atoms with van der Waals surface area (Å²) in [5, 5.41) is 0.639. The van der Waals surface area contributed by atoms with Crippen molar-refractivity contribution >= 4 is 16.9 Å². The van der Waals surface area contributed by atoms with Gasteiger partial charge in [-0.15, -0.1) is 0 Å². The highest BCUT2D eigenvalue weighted by atomic mass is 19.3. The maximum Gasteiger partial charge on any atom is 0.502 e. The monoisotopic (exact) mass is 267 g/mol. The van der Waals surface area contributed by atoms with Gasteiger partial charge in [0.05, 0.1) is 18.3 Å². The van der Waals surface area contributed by atoms with Crippen LogP contribution in [0.1, 0.15) is 6.92 Å². The Morgan fingerprint density at radius 2 is 2.11 bits per heavy atom. The van der Waals surface area contributed by atoms with E-state index in [2.05, 4.69) is 14.5 Å². The van der Waals surface area contributed by atoms with E-state index in [0.717, 1.165) is 6.20 Å². The first-order valence-corrected chi connectivity index (χ1v) is 5.62. The van der Waals surface area contributed by atoms with Crippen molar-refractivity contribution in [3.8, 4) is 5.75 Å². The molecule has 1 aromatic heterocycles. The van der Waals surface area contributed by atoms with Crippen molar-refractivity contribution in [3.63, 3.8) is 0 Å². The number of benzene rings is 1. The lowest BCUT2D eigenvalue weighted by molar-refractivity contribution is -0.216. The second-order valence-corrected chi connectivity index (χ2v) is 3.70. The molecule has 0 bridgehead atoms. The number of halogens is 2. The predicted molar refractivity (Wildman–Crippen MR) is 64.0 cm³/mol. The molecule has 2 aromatic rings. The van der Waals surface area contributed by atoms with E-state index >= 15 is 0 Å². The first-order chi connectivity index (χ1) is 9.03. The quantitative estimate of drug-likeness (QED) is 0.799. The second kappa shape index (κ2) is 5.17. The molecular formula is C13H11F2NO3. The summed E-state index contributed by atoms with van der Waals surface area (Å²) in [5.41, 5.74) is 0.648. The molecule has 0 spiro atoms. The normalized spacial score (nSPS) is 11.3. The Bertz CT molecular complexity index is 601. The summed E-state index contributed by atoms with van der Waals surface area (Å²) in [7, 11) is 0. The van der Waals surface area contributed by atoms with E-state index in [1.807, 2.05) is 0 Å². The molecule has 2 rings (SSSR count). The fraction of sp³-hybridized carbons (Fsp3) is 0.231. The van der Waals surface area contributed by atoms with Gasteiger partial charge in [0, 0.05) is 5.39 Å². The number of aromatic nitrogens is 1. The maximum atomic E-state index is 13.4. The maximum absolute atomic E-state index is 13.4. The molecule has 0 saturated carbocycles. The standard InChI is InChI=1S/C13H11F2NO3/c1-2-18-12(17)13(14,15)19-10-7-9-5-3-4-6-11(9)16-8-10/h3-8H,2H2,1H3. The van der Waals surface area contributed by atoms with Crippen molar-refractivity contribution in [3.05, 3.63) is 36.5 Å². The Labute approximate surface area is 108 Å². The average Bonchev–Trinajstić information content (AvgIpc) is 2.38. The van der Waals surface area contributed by atoms with E-state index in [-0.39, 0.29) is 12.4 Å². The highest BCUT2D eigenvalue weighted by Gasteiger charge is 2.44. The summed E-state index contributed by atoms with van der Waals surface area (Å²) in [6.45, 7) is 1.29. The fourth-order valence-electron chi connectivity index (χ4n) is 1.51. The summed E-state index contributed by atoms with van der Waals surface area (Å²) < 4.78 is 35.3. The number of carbonyl (C=O) groups is 1. The fourth-order valence-corrected chi connectivity index (χ4v) is 1.51. The van der Waals surface area contributed by atoms with Gasteiger partial charge in [0.25, 0.3) is 0 Å². The Morgan fingerprint density at radius 3 is 2.84 bits per heavy atom. The van der Waals surface area contributed by atoms with Gasteiger partial charge in [0.1, 0.15) is 5.75 Å². The number of alkyl halides is 2. The van der Waals surface area contributed by atoms with Gasteiger partial charge in [-0.3, -0.25) is 4.98 Å². The Hall–Kier alpha value is -2.24. The number of rotatable bonds is 4. The van der Waals surface area contributed by atoms with Crippen LogP contribution in [-0.4, -0.2) is 23.7 Å². The van der Waals surface area contributed by atoms with Gasteiger partial charge in [0.15, 0.2) is 0 Å². The summed E-state index contributed by atoms with van der Waals surface area (Å²) in [5.74, 6) is -1.92. The highest BCUT2D eigenvalue weighted by molar-refractivity contribution is 5.80. The molecule has 0 fully saturated rings. The van der Waals surface area contributed by atoms with E-state index in [1.165, 1.54) is 13.0 Å². The van der Waals surface area contributed by atoms with Crippen LogP contribution in [0, 0.1) is 0 Å².